The van der Waals surface area contributed by atoms with Crippen LogP contribution in [-0.4, -0.2) is 37.1 Å². The molecule has 0 spiro atoms. The number of hydrogen-bond acceptors (Lipinski definition) is 5. The number of piperidine rings is 1. The Bertz CT molecular complexity index is 1080. The standard InChI is InChI=1S/C25H27NO4/c1-18-22(27)20-12-8-13-21(24(20)30-23(18)19-10-4-2-5-11-19)25(28)29-17-9-16-26-14-6-3-7-15-26/h2,4-5,8,10-13H,3,6-7,9,14-17H2,1H3. The van der Waals surface area contributed by atoms with E-state index >= 15 is 0 Å². The summed E-state index contributed by atoms with van der Waals surface area (Å²) >= 11 is 0. The first-order valence-electron chi connectivity index (χ1n) is 10.7. The van der Waals surface area contributed by atoms with Crippen molar-refractivity contribution in [3.63, 3.8) is 0 Å². The molecule has 0 saturated carbocycles. The molecular weight excluding hydrogens is 378 g/mol. The van der Waals surface area contributed by atoms with Crippen molar-refractivity contribution >= 4 is 16.9 Å². The molecular formula is C25H27NO4. The van der Waals surface area contributed by atoms with Gasteiger partial charge in [-0.3, -0.25) is 4.79 Å². The van der Waals surface area contributed by atoms with E-state index in [4.69, 9.17) is 9.15 Å². The zero-order chi connectivity index (χ0) is 20.9. The molecule has 1 saturated heterocycles. The van der Waals surface area contributed by atoms with Gasteiger partial charge in [0.1, 0.15) is 11.3 Å². The van der Waals surface area contributed by atoms with Crippen LogP contribution in [0.15, 0.2) is 57.7 Å². The van der Waals surface area contributed by atoms with Gasteiger partial charge in [0, 0.05) is 17.7 Å². The summed E-state index contributed by atoms with van der Waals surface area (Å²) in [5.41, 5.74) is 1.78. The molecule has 4 rings (SSSR count). The highest BCUT2D eigenvalue weighted by atomic mass is 16.5. The zero-order valence-corrected chi connectivity index (χ0v) is 17.4. The fraction of sp³-hybridized carbons (Fsp3) is 0.360. The third kappa shape index (κ3) is 4.31. The minimum atomic E-state index is -0.453. The molecule has 2 heterocycles. The molecule has 1 aliphatic heterocycles. The summed E-state index contributed by atoms with van der Waals surface area (Å²) in [4.78, 5) is 28.1. The van der Waals surface area contributed by atoms with Crippen molar-refractivity contribution in [2.75, 3.05) is 26.2 Å². The number of carbonyl (C=O) groups is 1. The van der Waals surface area contributed by atoms with Crippen molar-refractivity contribution in [1.82, 2.24) is 4.90 Å². The lowest BCUT2D eigenvalue weighted by molar-refractivity contribution is 0.0486. The molecule has 0 bridgehead atoms. The molecule has 5 nitrogen and oxygen atoms in total. The van der Waals surface area contributed by atoms with E-state index in [-0.39, 0.29) is 11.0 Å². The maximum absolute atomic E-state index is 12.9. The summed E-state index contributed by atoms with van der Waals surface area (Å²) in [5.74, 6) is 0.0312. The maximum Gasteiger partial charge on any atom is 0.341 e. The second-order valence-corrected chi connectivity index (χ2v) is 7.83. The number of para-hydroxylation sites is 1. The van der Waals surface area contributed by atoms with Crippen LogP contribution in [0.25, 0.3) is 22.3 Å². The predicted molar refractivity (Wildman–Crippen MR) is 118 cm³/mol. The molecule has 3 aromatic rings. The van der Waals surface area contributed by atoms with Gasteiger partial charge < -0.3 is 14.1 Å². The Hall–Kier alpha value is -2.92. The van der Waals surface area contributed by atoms with Crippen molar-refractivity contribution in [3.05, 3.63) is 69.9 Å². The van der Waals surface area contributed by atoms with Gasteiger partial charge in [0.05, 0.1) is 12.0 Å². The lowest BCUT2D eigenvalue weighted by atomic mass is 10.0. The summed E-state index contributed by atoms with van der Waals surface area (Å²) < 4.78 is 11.6. The van der Waals surface area contributed by atoms with E-state index in [1.54, 1.807) is 25.1 Å². The number of likely N-dealkylation sites (tertiary alicyclic amines) is 1. The summed E-state index contributed by atoms with van der Waals surface area (Å²) in [6.45, 7) is 5.30. The second kappa shape index (κ2) is 9.26. The number of carbonyl (C=O) groups excluding carboxylic acids is 1. The quantitative estimate of drug-likeness (QED) is 0.435. The van der Waals surface area contributed by atoms with Crippen molar-refractivity contribution in [3.8, 4) is 11.3 Å². The number of fused-ring (bicyclic) bond motifs is 1. The Morgan fingerprint density at radius 1 is 1.03 bits per heavy atom. The first-order valence-corrected chi connectivity index (χ1v) is 10.7. The number of nitrogens with zero attached hydrogens (tertiary/aromatic N) is 1. The van der Waals surface area contributed by atoms with Crippen LogP contribution in [0.5, 0.6) is 0 Å². The van der Waals surface area contributed by atoms with Crippen LogP contribution in [-0.2, 0) is 4.74 Å². The molecule has 0 atom stereocenters. The van der Waals surface area contributed by atoms with E-state index in [0.29, 0.717) is 28.9 Å². The summed E-state index contributed by atoms with van der Waals surface area (Å²) in [6.07, 6.45) is 4.60. The monoisotopic (exact) mass is 405 g/mol. The smallest absolute Gasteiger partial charge is 0.341 e. The summed E-state index contributed by atoms with van der Waals surface area (Å²) in [6, 6.07) is 14.5. The third-order valence-corrected chi connectivity index (χ3v) is 5.70. The van der Waals surface area contributed by atoms with Crippen LogP contribution >= 0.6 is 0 Å². The molecule has 0 unspecified atom stereocenters. The number of hydrogen-bond donors (Lipinski definition) is 0. The maximum atomic E-state index is 12.9. The van der Waals surface area contributed by atoms with E-state index in [1.165, 1.54) is 19.3 Å². The van der Waals surface area contributed by atoms with E-state index in [2.05, 4.69) is 4.90 Å². The number of ether oxygens (including phenoxy) is 1. The first-order chi connectivity index (χ1) is 14.6. The molecule has 0 aliphatic carbocycles. The highest BCUT2D eigenvalue weighted by molar-refractivity contribution is 6.02. The number of benzene rings is 2. The third-order valence-electron chi connectivity index (χ3n) is 5.70. The SMILES string of the molecule is Cc1c(-c2ccccc2)oc2c(C(=O)OCCCN3CCCCC3)cccc2c1=O. The van der Waals surface area contributed by atoms with Gasteiger partial charge in [-0.2, -0.15) is 0 Å². The van der Waals surface area contributed by atoms with E-state index < -0.39 is 5.97 Å². The number of esters is 1. The van der Waals surface area contributed by atoms with Crippen LogP contribution in [0.3, 0.4) is 0 Å². The fourth-order valence-electron chi connectivity index (χ4n) is 4.05. The molecule has 1 aromatic heterocycles. The minimum Gasteiger partial charge on any atom is -0.462 e. The highest BCUT2D eigenvalue weighted by Gasteiger charge is 2.19. The van der Waals surface area contributed by atoms with E-state index in [1.807, 2.05) is 30.3 Å². The Morgan fingerprint density at radius 2 is 1.80 bits per heavy atom. The number of rotatable bonds is 6. The summed E-state index contributed by atoms with van der Waals surface area (Å²) in [7, 11) is 0. The molecule has 0 radical (unpaired) electrons. The van der Waals surface area contributed by atoms with Crippen LogP contribution in [0, 0.1) is 6.92 Å². The van der Waals surface area contributed by atoms with E-state index in [9.17, 15) is 9.59 Å². The van der Waals surface area contributed by atoms with Gasteiger partial charge in [-0.05, 0) is 51.4 Å². The predicted octanol–water partition coefficient (Wildman–Crippen LogP) is 4.80. The molecule has 1 fully saturated rings. The van der Waals surface area contributed by atoms with Gasteiger partial charge in [-0.25, -0.2) is 4.79 Å². The Morgan fingerprint density at radius 3 is 2.57 bits per heavy atom. The topological polar surface area (TPSA) is 59.8 Å². The van der Waals surface area contributed by atoms with Gasteiger partial charge in [-0.15, -0.1) is 0 Å². The normalized spacial score (nSPS) is 14.7. The molecule has 0 amide bonds. The van der Waals surface area contributed by atoms with Gasteiger partial charge in [0.25, 0.3) is 0 Å². The van der Waals surface area contributed by atoms with Gasteiger partial charge >= 0.3 is 5.97 Å². The zero-order valence-electron chi connectivity index (χ0n) is 17.4. The lowest BCUT2D eigenvalue weighted by Crippen LogP contribution is -2.31. The first kappa shape index (κ1) is 20.4. The van der Waals surface area contributed by atoms with E-state index in [0.717, 1.165) is 31.6 Å². The van der Waals surface area contributed by atoms with Crippen molar-refractivity contribution in [1.29, 1.82) is 0 Å². The van der Waals surface area contributed by atoms with Crippen molar-refractivity contribution in [2.45, 2.75) is 32.6 Å². The van der Waals surface area contributed by atoms with Gasteiger partial charge in [0.2, 0.25) is 0 Å². The highest BCUT2D eigenvalue weighted by Crippen LogP contribution is 2.27. The van der Waals surface area contributed by atoms with Crippen molar-refractivity contribution in [2.24, 2.45) is 0 Å². The molecule has 156 valence electrons. The molecule has 5 heteroatoms. The second-order valence-electron chi connectivity index (χ2n) is 7.83. The molecule has 0 N–H and O–H groups in total. The largest absolute Gasteiger partial charge is 0.462 e. The summed E-state index contributed by atoms with van der Waals surface area (Å²) in [5, 5.41) is 0.398. The average Bonchev–Trinajstić information content (AvgIpc) is 2.80. The van der Waals surface area contributed by atoms with Gasteiger partial charge in [0.15, 0.2) is 11.0 Å². The Balaban J connectivity index is 1.55. The van der Waals surface area contributed by atoms with Crippen molar-refractivity contribution < 1.29 is 13.9 Å². The van der Waals surface area contributed by atoms with Crippen LogP contribution in [0.1, 0.15) is 41.6 Å². The lowest BCUT2D eigenvalue weighted by Gasteiger charge is -2.26. The molecule has 1 aliphatic rings. The molecule has 30 heavy (non-hydrogen) atoms. The van der Waals surface area contributed by atoms with Crippen LogP contribution < -0.4 is 5.43 Å². The van der Waals surface area contributed by atoms with Crippen LogP contribution in [0.2, 0.25) is 0 Å². The minimum absolute atomic E-state index is 0.130. The van der Waals surface area contributed by atoms with Crippen LogP contribution in [0.4, 0.5) is 0 Å². The Labute approximate surface area is 176 Å². The molecule has 2 aromatic carbocycles. The van der Waals surface area contributed by atoms with Gasteiger partial charge in [-0.1, -0.05) is 42.8 Å². The fourth-order valence-corrected chi connectivity index (χ4v) is 4.05. The Kier molecular flexibility index (Phi) is 6.29. The average molecular weight is 405 g/mol.